The molecular formula is C10H9BrF2O. The smallest absolute Gasteiger partial charge is 0.166 e. The minimum absolute atomic E-state index is 0.00222. The fraction of sp³-hybridized carbons (Fsp3) is 0.400. The molecule has 76 valence electrons. The Hall–Kier alpha value is -0.640. The highest BCUT2D eigenvalue weighted by Crippen LogP contribution is 2.31. The van der Waals surface area contributed by atoms with Crippen molar-refractivity contribution in [2.24, 2.45) is 5.92 Å². The van der Waals surface area contributed by atoms with Crippen LogP contribution in [0.25, 0.3) is 0 Å². The van der Waals surface area contributed by atoms with Crippen molar-refractivity contribution in [3.8, 4) is 5.75 Å². The number of halogens is 3. The molecule has 0 radical (unpaired) electrons. The minimum Gasteiger partial charge on any atom is -0.490 e. The van der Waals surface area contributed by atoms with E-state index in [0.29, 0.717) is 12.5 Å². The van der Waals surface area contributed by atoms with Gasteiger partial charge in [0, 0.05) is 6.07 Å². The van der Waals surface area contributed by atoms with E-state index >= 15 is 0 Å². The number of ether oxygens (including phenoxy) is 1. The Morgan fingerprint density at radius 1 is 1.29 bits per heavy atom. The molecule has 1 fully saturated rings. The summed E-state index contributed by atoms with van der Waals surface area (Å²) in [6.45, 7) is 0.484. The van der Waals surface area contributed by atoms with Crippen molar-refractivity contribution in [2.75, 3.05) is 6.61 Å². The number of hydrogen-bond acceptors (Lipinski definition) is 1. The van der Waals surface area contributed by atoms with E-state index < -0.39 is 11.6 Å². The van der Waals surface area contributed by atoms with Crippen molar-refractivity contribution >= 4 is 15.9 Å². The van der Waals surface area contributed by atoms with Gasteiger partial charge >= 0.3 is 0 Å². The van der Waals surface area contributed by atoms with E-state index in [0.717, 1.165) is 25.0 Å². The Bertz CT molecular complexity index is 350. The van der Waals surface area contributed by atoms with Crippen molar-refractivity contribution in [3.63, 3.8) is 0 Å². The molecule has 14 heavy (non-hydrogen) atoms. The van der Waals surface area contributed by atoms with Gasteiger partial charge in [0.25, 0.3) is 0 Å². The molecule has 0 unspecified atom stereocenters. The summed E-state index contributed by atoms with van der Waals surface area (Å²) in [5.41, 5.74) is 0. The first-order valence-electron chi connectivity index (χ1n) is 4.44. The molecule has 0 spiro atoms. The van der Waals surface area contributed by atoms with Crippen molar-refractivity contribution in [1.82, 2.24) is 0 Å². The molecule has 1 aromatic carbocycles. The summed E-state index contributed by atoms with van der Waals surface area (Å²) in [6.07, 6.45) is 2.25. The van der Waals surface area contributed by atoms with Crippen LogP contribution in [0.1, 0.15) is 12.8 Å². The maximum atomic E-state index is 13.2. The lowest BCUT2D eigenvalue weighted by molar-refractivity contribution is 0.283. The Morgan fingerprint density at radius 2 is 2.00 bits per heavy atom. The second-order valence-electron chi connectivity index (χ2n) is 3.45. The summed E-state index contributed by atoms with van der Waals surface area (Å²) in [4.78, 5) is 0. The summed E-state index contributed by atoms with van der Waals surface area (Å²) >= 11 is 2.90. The highest BCUT2D eigenvalue weighted by Gasteiger charge is 2.22. The van der Waals surface area contributed by atoms with Crippen LogP contribution in [-0.2, 0) is 0 Å². The van der Waals surface area contributed by atoms with E-state index in [1.807, 2.05) is 0 Å². The first-order chi connectivity index (χ1) is 6.66. The van der Waals surface area contributed by atoms with Gasteiger partial charge < -0.3 is 4.74 Å². The van der Waals surface area contributed by atoms with Crippen LogP contribution < -0.4 is 4.74 Å². The zero-order valence-corrected chi connectivity index (χ0v) is 8.98. The lowest BCUT2D eigenvalue weighted by atomic mass is 10.3. The van der Waals surface area contributed by atoms with Gasteiger partial charge in [0.1, 0.15) is 5.82 Å². The average molecular weight is 263 g/mol. The molecule has 1 aromatic rings. The molecule has 2 rings (SSSR count). The van der Waals surface area contributed by atoms with Crippen LogP contribution >= 0.6 is 15.9 Å². The summed E-state index contributed by atoms with van der Waals surface area (Å²) in [7, 11) is 0. The summed E-state index contributed by atoms with van der Waals surface area (Å²) in [5.74, 6) is -0.505. The Kier molecular flexibility index (Phi) is 2.72. The molecule has 1 aliphatic rings. The van der Waals surface area contributed by atoms with Crippen LogP contribution in [0.3, 0.4) is 0 Å². The fourth-order valence-electron chi connectivity index (χ4n) is 1.11. The van der Waals surface area contributed by atoms with Crippen molar-refractivity contribution < 1.29 is 13.5 Å². The molecule has 4 heteroatoms. The van der Waals surface area contributed by atoms with Gasteiger partial charge in [-0.3, -0.25) is 0 Å². The minimum atomic E-state index is -0.529. The molecule has 0 bridgehead atoms. The largest absolute Gasteiger partial charge is 0.490 e. The van der Waals surface area contributed by atoms with Crippen molar-refractivity contribution in [3.05, 3.63) is 28.2 Å². The topological polar surface area (TPSA) is 9.23 Å². The predicted molar refractivity (Wildman–Crippen MR) is 52.3 cm³/mol. The third-order valence-corrected chi connectivity index (χ3v) is 2.75. The first kappa shape index (κ1) is 9.90. The Morgan fingerprint density at radius 3 is 2.64 bits per heavy atom. The second kappa shape index (κ2) is 3.85. The van der Waals surface area contributed by atoms with E-state index in [-0.39, 0.29) is 10.2 Å². The summed E-state index contributed by atoms with van der Waals surface area (Å²) in [6, 6.07) is 2.15. The normalized spacial score (nSPS) is 15.6. The van der Waals surface area contributed by atoms with E-state index in [1.54, 1.807) is 0 Å². The zero-order valence-electron chi connectivity index (χ0n) is 7.40. The van der Waals surface area contributed by atoms with Crippen molar-refractivity contribution in [1.29, 1.82) is 0 Å². The standard InChI is InChI=1S/C10H9BrF2O/c11-7-3-9(13)10(4-8(7)12)14-5-6-1-2-6/h3-4,6H,1-2,5H2. The van der Waals surface area contributed by atoms with E-state index in [4.69, 9.17) is 4.74 Å². The van der Waals surface area contributed by atoms with E-state index in [1.165, 1.54) is 0 Å². The van der Waals surface area contributed by atoms with Gasteiger partial charge in [0.05, 0.1) is 11.1 Å². The lowest BCUT2D eigenvalue weighted by Crippen LogP contribution is -2.01. The molecule has 0 amide bonds. The Balaban J connectivity index is 2.10. The highest BCUT2D eigenvalue weighted by atomic mass is 79.9. The fourth-order valence-corrected chi connectivity index (χ4v) is 1.42. The van der Waals surface area contributed by atoms with Gasteiger partial charge in [-0.25, -0.2) is 8.78 Å². The number of rotatable bonds is 3. The van der Waals surface area contributed by atoms with Gasteiger partial charge in [-0.2, -0.15) is 0 Å². The van der Waals surface area contributed by atoms with Gasteiger partial charge in [-0.05, 0) is 40.8 Å². The first-order valence-corrected chi connectivity index (χ1v) is 5.23. The predicted octanol–water partition coefficient (Wildman–Crippen LogP) is 3.52. The van der Waals surface area contributed by atoms with Crippen LogP contribution in [0, 0.1) is 17.6 Å². The molecule has 0 heterocycles. The van der Waals surface area contributed by atoms with Crippen LogP contribution in [0.4, 0.5) is 8.78 Å². The highest BCUT2D eigenvalue weighted by molar-refractivity contribution is 9.10. The van der Waals surface area contributed by atoms with Crippen LogP contribution in [0.5, 0.6) is 5.75 Å². The molecular weight excluding hydrogens is 254 g/mol. The number of hydrogen-bond donors (Lipinski definition) is 0. The van der Waals surface area contributed by atoms with E-state index in [2.05, 4.69) is 15.9 Å². The maximum absolute atomic E-state index is 13.2. The third-order valence-electron chi connectivity index (χ3n) is 2.15. The Labute approximate surface area is 89.2 Å². The molecule has 0 atom stereocenters. The molecule has 0 aliphatic heterocycles. The van der Waals surface area contributed by atoms with Crippen LogP contribution in [0.15, 0.2) is 16.6 Å². The molecule has 1 nitrogen and oxygen atoms in total. The quantitative estimate of drug-likeness (QED) is 0.758. The summed E-state index contributed by atoms with van der Waals surface area (Å²) < 4.78 is 31.5. The number of benzene rings is 1. The lowest BCUT2D eigenvalue weighted by Gasteiger charge is -2.06. The van der Waals surface area contributed by atoms with Crippen molar-refractivity contribution in [2.45, 2.75) is 12.8 Å². The molecule has 0 N–H and O–H groups in total. The summed E-state index contributed by atoms with van der Waals surface area (Å²) in [5, 5.41) is 0. The maximum Gasteiger partial charge on any atom is 0.166 e. The molecule has 0 aromatic heterocycles. The molecule has 1 aliphatic carbocycles. The molecule has 1 saturated carbocycles. The van der Waals surface area contributed by atoms with Gasteiger partial charge in [-0.1, -0.05) is 0 Å². The van der Waals surface area contributed by atoms with Gasteiger partial charge in [0.2, 0.25) is 0 Å². The van der Waals surface area contributed by atoms with Gasteiger partial charge in [0.15, 0.2) is 11.6 Å². The molecule has 0 saturated heterocycles. The monoisotopic (exact) mass is 262 g/mol. The van der Waals surface area contributed by atoms with Gasteiger partial charge in [-0.15, -0.1) is 0 Å². The van der Waals surface area contributed by atoms with Crippen LogP contribution in [0.2, 0.25) is 0 Å². The van der Waals surface area contributed by atoms with Crippen LogP contribution in [-0.4, -0.2) is 6.61 Å². The third kappa shape index (κ3) is 2.23. The SMILES string of the molecule is Fc1cc(OCC2CC2)c(F)cc1Br. The second-order valence-corrected chi connectivity index (χ2v) is 4.31. The van der Waals surface area contributed by atoms with E-state index in [9.17, 15) is 8.78 Å². The zero-order chi connectivity index (χ0) is 10.1. The average Bonchev–Trinajstić information content (AvgIpc) is 2.92.